The van der Waals surface area contributed by atoms with Gasteiger partial charge >= 0.3 is 6.30 Å². The van der Waals surface area contributed by atoms with Crippen LogP contribution >= 0.6 is 0 Å². The first-order valence-corrected chi connectivity index (χ1v) is 12.4. The highest BCUT2D eigenvalue weighted by Gasteiger charge is 2.49. The SMILES string of the molecule is CC1=C(c2ccnc(C3(c4ccc(C(=O)Nc5ccccc5N)cc4)CC3)n2)[NH+]2CN(C(F)(F)F)C=CC2=N1. The summed E-state index contributed by atoms with van der Waals surface area (Å²) in [5.74, 6) is 0.853. The molecular weight excluding hydrogens is 507 g/mol. The molecule has 4 N–H and O–H groups in total. The Morgan fingerprint density at radius 3 is 2.54 bits per heavy atom. The van der Waals surface area contributed by atoms with Crippen molar-refractivity contribution >= 4 is 28.8 Å². The van der Waals surface area contributed by atoms with Crippen molar-refractivity contribution in [3.8, 4) is 0 Å². The lowest BCUT2D eigenvalue weighted by Crippen LogP contribution is -3.13. The summed E-state index contributed by atoms with van der Waals surface area (Å²) >= 11 is 0. The molecule has 0 radical (unpaired) electrons. The van der Waals surface area contributed by atoms with Gasteiger partial charge in [-0.15, -0.1) is 13.2 Å². The van der Waals surface area contributed by atoms with Crippen LogP contribution in [0, 0.1) is 0 Å². The summed E-state index contributed by atoms with van der Waals surface area (Å²) in [5.41, 5.74) is 9.78. The van der Waals surface area contributed by atoms with Crippen molar-refractivity contribution in [3.63, 3.8) is 0 Å². The number of benzene rings is 2. The number of alkyl halides is 3. The number of allylic oxidation sites excluding steroid dienone is 1. The molecule has 1 amide bonds. The first-order valence-electron chi connectivity index (χ1n) is 12.4. The van der Waals surface area contributed by atoms with Gasteiger partial charge in [-0.2, -0.15) is 4.99 Å². The number of nitrogens with one attached hydrogen (secondary N) is 2. The van der Waals surface area contributed by atoms with Gasteiger partial charge in [0.15, 0.2) is 12.4 Å². The molecule has 39 heavy (non-hydrogen) atoms. The Labute approximate surface area is 222 Å². The first kappa shape index (κ1) is 24.8. The number of carbonyl (C=O) groups is 1. The molecule has 11 heteroatoms. The van der Waals surface area contributed by atoms with Crippen LogP contribution in [0.3, 0.4) is 0 Å². The number of anilines is 2. The second kappa shape index (κ2) is 9.05. The Morgan fingerprint density at radius 2 is 1.85 bits per heavy atom. The number of rotatable bonds is 5. The molecule has 0 saturated heterocycles. The van der Waals surface area contributed by atoms with E-state index >= 15 is 0 Å². The zero-order chi connectivity index (χ0) is 27.4. The van der Waals surface area contributed by atoms with Gasteiger partial charge in [-0.1, -0.05) is 24.3 Å². The molecule has 1 unspecified atom stereocenters. The Kier molecular flexibility index (Phi) is 5.76. The number of aliphatic imine (C=N–C) groups is 1. The fourth-order valence-electron chi connectivity index (χ4n) is 5.09. The lowest BCUT2D eigenvalue weighted by molar-refractivity contribution is -0.741. The van der Waals surface area contributed by atoms with Crippen molar-refractivity contribution in [3.05, 3.63) is 101 Å². The van der Waals surface area contributed by atoms with Gasteiger partial charge in [-0.05, 0) is 55.7 Å². The van der Waals surface area contributed by atoms with Crippen LogP contribution < -0.4 is 16.0 Å². The zero-order valence-corrected chi connectivity index (χ0v) is 21.0. The standard InChI is InChI=1S/C28H24F3N7O/c1-17-24(38-16-37(28(29,30)31)15-11-23(38)34-17)22-10-14-33-26(36-22)27(12-13-27)19-8-6-18(7-9-19)25(39)35-21-5-3-2-4-20(21)32/h2-11,14-15H,12-13,16,32H2,1H3,(H,35,39)/p+1. The minimum atomic E-state index is -4.48. The van der Waals surface area contributed by atoms with Crippen LogP contribution in [0.5, 0.6) is 0 Å². The Morgan fingerprint density at radius 1 is 1.10 bits per heavy atom. The molecule has 198 valence electrons. The second-order valence-electron chi connectivity index (χ2n) is 9.81. The maximum Gasteiger partial charge on any atom is 0.488 e. The van der Waals surface area contributed by atoms with Gasteiger partial charge in [0.1, 0.15) is 17.2 Å². The van der Waals surface area contributed by atoms with Gasteiger partial charge in [0.25, 0.3) is 5.91 Å². The molecule has 1 fully saturated rings. The van der Waals surface area contributed by atoms with Crippen molar-refractivity contribution in [2.24, 2.45) is 4.99 Å². The van der Waals surface area contributed by atoms with Gasteiger partial charge in [0.05, 0.1) is 16.8 Å². The van der Waals surface area contributed by atoms with Crippen LogP contribution in [-0.4, -0.2) is 39.6 Å². The predicted molar refractivity (Wildman–Crippen MR) is 140 cm³/mol. The van der Waals surface area contributed by atoms with Crippen LogP contribution in [0.4, 0.5) is 24.5 Å². The average molecular weight is 533 g/mol. The number of nitrogens with zero attached hydrogens (tertiary/aromatic N) is 4. The summed E-state index contributed by atoms with van der Waals surface area (Å²) in [5, 5.41) is 2.82. The minimum Gasteiger partial charge on any atom is -0.397 e. The maximum absolute atomic E-state index is 13.4. The summed E-state index contributed by atoms with van der Waals surface area (Å²) in [6.45, 7) is 1.45. The average Bonchev–Trinajstić information content (AvgIpc) is 3.66. The van der Waals surface area contributed by atoms with Crippen molar-refractivity contribution in [2.75, 3.05) is 17.7 Å². The number of quaternary nitrogens is 1. The molecule has 6 rings (SSSR count). The topological polar surface area (TPSA) is 101 Å². The van der Waals surface area contributed by atoms with E-state index in [0.717, 1.165) is 24.6 Å². The molecule has 0 spiro atoms. The van der Waals surface area contributed by atoms with Gasteiger partial charge in [0.2, 0.25) is 5.84 Å². The number of nitrogens with two attached hydrogens (primary N) is 1. The number of hydrogen-bond donors (Lipinski definition) is 3. The van der Waals surface area contributed by atoms with Crippen LogP contribution in [0.25, 0.3) is 5.70 Å². The second-order valence-corrected chi connectivity index (χ2v) is 9.81. The maximum atomic E-state index is 13.4. The van der Waals surface area contributed by atoms with Crippen LogP contribution in [-0.2, 0) is 5.41 Å². The van der Waals surface area contributed by atoms with E-state index in [1.54, 1.807) is 55.6 Å². The summed E-state index contributed by atoms with van der Waals surface area (Å²) in [7, 11) is 0. The molecular formula is C28H25F3N7O+. The third-order valence-electron chi connectivity index (χ3n) is 7.33. The number of aromatic nitrogens is 2. The molecule has 3 heterocycles. The molecule has 1 aromatic heterocycles. The minimum absolute atomic E-state index is 0.270. The zero-order valence-electron chi connectivity index (χ0n) is 21.0. The van der Waals surface area contributed by atoms with Crippen molar-refractivity contribution in [1.29, 1.82) is 0 Å². The molecule has 1 saturated carbocycles. The molecule has 2 aromatic carbocycles. The molecule has 1 atom stereocenters. The van der Waals surface area contributed by atoms with Gasteiger partial charge in [-0.25, -0.2) is 19.8 Å². The van der Waals surface area contributed by atoms with Crippen LogP contribution in [0.2, 0.25) is 0 Å². The summed E-state index contributed by atoms with van der Waals surface area (Å²) in [6.07, 6.45) is 1.21. The predicted octanol–water partition coefficient (Wildman–Crippen LogP) is 3.68. The van der Waals surface area contributed by atoms with Crippen LogP contribution in [0.15, 0.2) is 83.8 Å². The van der Waals surface area contributed by atoms with E-state index in [4.69, 9.17) is 10.7 Å². The quantitative estimate of drug-likeness (QED) is 0.344. The highest BCUT2D eigenvalue weighted by Crippen LogP contribution is 2.52. The van der Waals surface area contributed by atoms with E-state index in [1.165, 1.54) is 6.08 Å². The summed E-state index contributed by atoms with van der Waals surface area (Å²) in [6, 6.07) is 16.1. The smallest absolute Gasteiger partial charge is 0.397 e. The summed E-state index contributed by atoms with van der Waals surface area (Å²) in [4.78, 5) is 27.5. The molecule has 2 aliphatic heterocycles. The van der Waals surface area contributed by atoms with Crippen molar-refractivity contribution < 1.29 is 22.9 Å². The van der Waals surface area contributed by atoms with E-state index in [0.29, 0.717) is 55.5 Å². The number of amidine groups is 1. The highest BCUT2D eigenvalue weighted by molar-refractivity contribution is 6.05. The normalized spacial score (nSPS) is 19.5. The van der Waals surface area contributed by atoms with Gasteiger partial charge in [-0.3, -0.25) is 4.79 Å². The molecule has 0 bridgehead atoms. The number of carbonyl (C=O) groups excluding carboxylic acids is 1. The molecule has 8 nitrogen and oxygen atoms in total. The first-order chi connectivity index (χ1) is 18.7. The monoisotopic (exact) mass is 532 g/mol. The van der Waals surface area contributed by atoms with Crippen molar-refractivity contribution in [2.45, 2.75) is 31.5 Å². The number of amides is 1. The third-order valence-corrected chi connectivity index (χ3v) is 7.33. The Hall–Kier alpha value is -4.51. The fourth-order valence-corrected chi connectivity index (χ4v) is 5.09. The van der Waals surface area contributed by atoms with E-state index < -0.39 is 11.7 Å². The van der Waals surface area contributed by atoms with E-state index in [1.807, 2.05) is 12.1 Å². The lowest BCUT2D eigenvalue weighted by atomic mass is 9.93. The number of fused-ring (bicyclic) bond motifs is 1. The molecule has 1 aliphatic carbocycles. The number of nitrogen functional groups attached to an aromatic ring is 1. The van der Waals surface area contributed by atoms with Gasteiger partial charge < -0.3 is 11.1 Å². The van der Waals surface area contributed by atoms with Gasteiger partial charge in [0, 0.05) is 24.0 Å². The number of halogens is 3. The lowest BCUT2D eigenvalue weighted by Gasteiger charge is -2.29. The highest BCUT2D eigenvalue weighted by atomic mass is 19.4. The van der Waals surface area contributed by atoms with Crippen molar-refractivity contribution in [1.82, 2.24) is 14.9 Å². The Balaban J connectivity index is 1.24. The Bertz CT molecular complexity index is 1560. The molecule has 3 aliphatic rings. The number of para-hydroxylation sites is 2. The van der Waals surface area contributed by atoms with Crippen LogP contribution in [0.1, 0.15) is 47.2 Å². The fraction of sp³-hybridized carbons (Fsp3) is 0.214. The van der Waals surface area contributed by atoms with E-state index in [-0.39, 0.29) is 12.6 Å². The molecule has 3 aromatic rings. The largest absolute Gasteiger partial charge is 0.488 e. The number of hydrogen-bond acceptors (Lipinski definition) is 6. The van der Waals surface area contributed by atoms with E-state index in [9.17, 15) is 18.0 Å². The summed E-state index contributed by atoms with van der Waals surface area (Å²) < 4.78 is 40.2. The van der Waals surface area contributed by atoms with E-state index in [2.05, 4.69) is 15.3 Å². The third kappa shape index (κ3) is 4.44.